The number of carbonyl (C=O) groups is 2. The molecule has 29 heavy (non-hydrogen) atoms. The monoisotopic (exact) mass is 393 g/mol. The van der Waals surface area contributed by atoms with Crippen molar-refractivity contribution in [2.24, 2.45) is 5.92 Å². The van der Waals surface area contributed by atoms with Gasteiger partial charge in [0.15, 0.2) is 0 Å². The molecule has 1 heterocycles. The number of para-hydroxylation sites is 1. The van der Waals surface area contributed by atoms with E-state index in [0.29, 0.717) is 19.5 Å². The number of hydrogen-bond donors (Lipinski definition) is 2. The maximum absolute atomic E-state index is 12.7. The van der Waals surface area contributed by atoms with Gasteiger partial charge in [-0.2, -0.15) is 0 Å². The summed E-state index contributed by atoms with van der Waals surface area (Å²) in [5.74, 6) is 0.203. The van der Waals surface area contributed by atoms with Crippen LogP contribution in [0, 0.1) is 5.92 Å². The number of nitrogens with zero attached hydrogens (tertiary/aromatic N) is 1. The van der Waals surface area contributed by atoms with E-state index in [4.69, 9.17) is 0 Å². The molecule has 0 aromatic heterocycles. The summed E-state index contributed by atoms with van der Waals surface area (Å²) in [5.41, 5.74) is 3.15. The molecular formula is C24H31N3O2. The van der Waals surface area contributed by atoms with E-state index in [9.17, 15) is 9.59 Å². The third-order valence-corrected chi connectivity index (χ3v) is 5.53. The lowest BCUT2D eigenvalue weighted by Crippen LogP contribution is -2.41. The Labute approximate surface area is 173 Å². The Balaban J connectivity index is 1.46. The molecule has 0 radical (unpaired) electrons. The van der Waals surface area contributed by atoms with Crippen LogP contribution in [-0.2, 0) is 22.6 Å². The Morgan fingerprint density at radius 2 is 1.69 bits per heavy atom. The molecular weight excluding hydrogens is 362 g/mol. The van der Waals surface area contributed by atoms with Gasteiger partial charge in [-0.3, -0.25) is 9.59 Å². The summed E-state index contributed by atoms with van der Waals surface area (Å²) in [7, 11) is 0. The highest BCUT2D eigenvalue weighted by Crippen LogP contribution is 2.22. The largest absolute Gasteiger partial charge is 0.343 e. The second-order valence-corrected chi connectivity index (χ2v) is 7.57. The van der Waals surface area contributed by atoms with E-state index >= 15 is 0 Å². The second-order valence-electron chi connectivity index (χ2n) is 7.57. The topological polar surface area (TPSA) is 61.4 Å². The minimum Gasteiger partial charge on any atom is -0.343 e. The molecule has 0 saturated carbocycles. The fourth-order valence-electron chi connectivity index (χ4n) is 3.74. The zero-order chi connectivity index (χ0) is 20.5. The summed E-state index contributed by atoms with van der Waals surface area (Å²) in [6, 6.07) is 18.0. The van der Waals surface area contributed by atoms with Gasteiger partial charge in [0.2, 0.25) is 11.8 Å². The fraction of sp³-hybridized carbons (Fsp3) is 0.417. The minimum absolute atomic E-state index is 0.0413. The van der Waals surface area contributed by atoms with Crippen molar-refractivity contribution in [3.63, 3.8) is 0 Å². The predicted octanol–water partition coefficient (Wildman–Crippen LogP) is 3.61. The number of carbonyl (C=O) groups excluding carboxylic acids is 2. The van der Waals surface area contributed by atoms with Gasteiger partial charge >= 0.3 is 0 Å². The smallest absolute Gasteiger partial charge is 0.227 e. The van der Waals surface area contributed by atoms with Gasteiger partial charge < -0.3 is 15.5 Å². The Morgan fingerprint density at radius 3 is 2.41 bits per heavy atom. The Hall–Kier alpha value is -2.66. The van der Waals surface area contributed by atoms with Crippen molar-refractivity contribution >= 4 is 17.5 Å². The quantitative estimate of drug-likeness (QED) is 0.720. The van der Waals surface area contributed by atoms with Crippen molar-refractivity contribution in [1.29, 1.82) is 0 Å². The summed E-state index contributed by atoms with van der Waals surface area (Å²) in [4.78, 5) is 27.2. The van der Waals surface area contributed by atoms with Crippen molar-refractivity contribution < 1.29 is 9.59 Å². The molecule has 0 spiro atoms. The van der Waals surface area contributed by atoms with Gasteiger partial charge in [0.1, 0.15) is 0 Å². The van der Waals surface area contributed by atoms with Crippen LogP contribution >= 0.6 is 0 Å². The molecule has 1 fully saturated rings. The molecule has 154 valence electrons. The fourth-order valence-corrected chi connectivity index (χ4v) is 3.74. The summed E-state index contributed by atoms with van der Waals surface area (Å²) >= 11 is 0. The van der Waals surface area contributed by atoms with Crippen molar-refractivity contribution in [2.75, 3.05) is 25.0 Å². The third-order valence-electron chi connectivity index (χ3n) is 5.53. The molecule has 1 aliphatic heterocycles. The van der Waals surface area contributed by atoms with Gasteiger partial charge in [-0.1, -0.05) is 55.5 Å². The van der Waals surface area contributed by atoms with Crippen molar-refractivity contribution in [1.82, 2.24) is 10.2 Å². The van der Waals surface area contributed by atoms with Gasteiger partial charge in [-0.25, -0.2) is 0 Å². The normalized spacial score (nSPS) is 14.6. The average Bonchev–Trinajstić information content (AvgIpc) is 2.77. The van der Waals surface area contributed by atoms with Crippen LogP contribution in [0.4, 0.5) is 5.69 Å². The molecule has 0 bridgehead atoms. The van der Waals surface area contributed by atoms with Gasteiger partial charge in [0.25, 0.3) is 0 Å². The zero-order valence-corrected chi connectivity index (χ0v) is 17.2. The molecule has 2 aromatic carbocycles. The molecule has 0 aliphatic carbocycles. The number of aryl methyl sites for hydroxylation is 1. The molecule has 2 aromatic rings. The number of piperidine rings is 1. The number of benzene rings is 2. The van der Waals surface area contributed by atoms with E-state index in [1.807, 2.05) is 47.4 Å². The van der Waals surface area contributed by atoms with Crippen molar-refractivity contribution in [3.8, 4) is 0 Å². The average molecular weight is 394 g/mol. The summed E-state index contributed by atoms with van der Waals surface area (Å²) < 4.78 is 0. The lowest BCUT2D eigenvalue weighted by Gasteiger charge is -2.31. The number of rotatable bonds is 8. The van der Waals surface area contributed by atoms with Gasteiger partial charge in [0, 0.05) is 37.7 Å². The van der Waals surface area contributed by atoms with Crippen LogP contribution < -0.4 is 10.6 Å². The van der Waals surface area contributed by atoms with E-state index in [-0.39, 0.29) is 17.7 Å². The van der Waals surface area contributed by atoms with Crippen molar-refractivity contribution in [2.45, 2.75) is 39.2 Å². The molecule has 5 heteroatoms. The van der Waals surface area contributed by atoms with E-state index in [1.165, 1.54) is 5.56 Å². The Bertz CT molecular complexity index is 799. The highest BCUT2D eigenvalue weighted by atomic mass is 16.2. The first-order valence-corrected chi connectivity index (χ1v) is 10.6. The third kappa shape index (κ3) is 6.16. The summed E-state index contributed by atoms with van der Waals surface area (Å²) in [6.07, 6.45) is 2.73. The van der Waals surface area contributed by atoms with E-state index < -0.39 is 0 Å². The highest BCUT2D eigenvalue weighted by Gasteiger charge is 2.27. The standard InChI is InChI=1S/C24H31N3O2/c1-2-25-18-21-10-6-7-11-22(21)26-24(29)20-14-16-27(17-15-20)23(28)13-12-19-8-4-3-5-9-19/h3-11,20,25H,2,12-18H2,1H3,(H,26,29). The van der Waals surface area contributed by atoms with Crippen LogP contribution in [0.1, 0.15) is 37.3 Å². The number of hydrogen-bond acceptors (Lipinski definition) is 3. The van der Waals surface area contributed by atoms with Crippen LogP contribution in [0.5, 0.6) is 0 Å². The highest BCUT2D eigenvalue weighted by molar-refractivity contribution is 5.93. The summed E-state index contributed by atoms with van der Waals surface area (Å²) in [6.45, 7) is 5.01. The van der Waals surface area contributed by atoms with Crippen LogP contribution in [0.15, 0.2) is 54.6 Å². The molecule has 5 nitrogen and oxygen atoms in total. The van der Waals surface area contributed by atoms with Crippen LogP contribution in [0.3, 0.4) is 0 Å². The van der Waals surface area contributed by atoms with Gasteiger partial charge in [-0.05, 0) is 43.0 Å². The zero-order valence-electron chi connectivity index (χ0n) is 17.2. The van der Waals surface area contributed by atoms with Gasteiger partial charge in [0.05, 0.1) is 0 Å². The molecule has 0 unspecified atom stereocenters. The minimum atomic E-state index is -0.0413. The molecule has 2 N–H and O–H groups in total. The Kier molecular flexibility index (Phi) is 7.82. The predicted molar refractivity (Wildman–Crippen MR) is 117 cm³/mol. The maximum atomic E-state index is 12.7. The molecule has 0 atom stereocenters. The van der Waals surface area contributed by atoms with E-state index in [0.717, 1.165) is 43.6 Å². The first-order chi connectivity index (χ1) is 14.2. The SMILES string of the molecule is CCNCc1ccccc1NC(=O)C1CCN(C(=O)CCc2ccccc2)CC1. The van der Waals surface area contributed by atoms with E-state index in [2.05, 4.69) is 29.7 Å². The first kappa shape index (κ1) is 21.1. The van der Waals surface area contributed by atoms with Crippen LogP contribution in [-0.4, -0.2) is 36.3 Å². The molecule has 2 amide bonds. The number of nitrogens with one attached hydrogen (secondary N) is 2. The lowest BCUT2D eigenvalue weighted by atomic mass is 9.95. The molecule has 1 saturated heterocycles. The first-order valence-electron chi connectivity index (χ1n) is 10.6. The molecule has 1 aliphatic rings. The maximum Gasteiger partial charge on any atom is 0.227 e. The van der Waals surface area contributed by atoms with Crippen LogP contribution in [0.2, 0.25) is 0 Å². The second kappa shape index (κ2) is 10.8. The number of anilines is 1. The lowest BCUT2D eigenvalue weighted by molar-refractivity contribution is -0.134. The van der Waals surface area contributed by atoms with Crippen molar-refractivity contribution in [3.05, 3.63) is 65.7 Å². The van der Waals surface area contributed by atoms with Crippen LogP contribution in [0.25, 0.3) is 0 Å². The summed E-state index contributed by atoms with van der Waals surface area (Å²) in [5, 5.41) is 6.40. The number of amides is 2. The van der Waals surface area contributed by atoms with Gasteiger partial charge in [-0.15, -0.1) is 0 Å². The Morgan fingerprint density at radius 1 is 1.00 bits per heavy atom. The van der Waals surface area contributed by atoms with E-state index in [1.54, 1.807) is 0 Å². The number of likely N-dealkylation sites (tertiary alicyclic amines) is 1. The molecule has 3 rings (SSSR count).